The molecule has 0 aromatic heterocycles. The molecule has 0 fully saturated rings. The summed E-state index contributed by atoms with van der Waals surface area (Å²) >= 11 is 0. The van der Waals surface area contributed by atoms with Gasteiger partial charge in [0.05, 0.1) is 13.2 Å². The number of nitrogens with zero attached hydrogens (tertiary/aromatic N) is 2. The zero-order valence-corrected chi connectivity index (χ0v) is 13.3. The first-order chi connectivity index (χ1) is 10.2. The van der Waals surface area contributed by atoms with Crippen LogP contribution in [0.2, 0.25) is 0 Å². The molecule has 0 heterocycles. The lowest BCUT2D eigenvalue weighted by molar-refractivity contribution is -0.132. The van der Waals surface area contributed by atoms with Crippen molar-refractivity contribution in [1.82, 2.24) is 9.80 Å². The molecule has 0 unspecified atom stereocenters. The third-order valence-electron chi connectivity index (χ3n) is 3.36. The zero-order valence-electron chi connectivity index (χ0n) is 13.3. The number of amides is 1. The van der Waals surface area contributed by atoms with Crippen LogP contribution < -0.4 is 0 Å². The molecule has 0 aliphatic rings. The SMILES string of the molecule is CCCN(CCC)C(=O)CN(CCO)Cc1ccccc1. The number of aliphatic hydroxyl groups excluding tert-OH is 1. The fraction of sp³-hybridized carbons (Fsp3) is 0.588. The van der Waals surface area contributed by atoms with Gasteiger partial charge in [-0.15, -0.1) is 0 Å². The van der Waals surface area contributed by atoms with Crippen molar-refractivity contribution in [2.24, 2.45) is 0 Å². The highest BCUT2D eigenvalue weighted by Gasteiger charge is 2.16. The summed E-state index contributed by atoms with van der Waals surface area (Å²) in [7, 11) is 0. The first-order valence-electron chi connectivity index (χ1n) is 7.86. The lowest BCUT2D eigenvalue weighted by atomic mass is 10.2. The quantitative estimate of drug-likeness (QED) is 0.718. The average molecular weight is 292 g/mol. The van der Waals surface area contributed by atoms with Gasteiger partial charge in [-0.3, -0.25) is 9.69 Å². The summed E-state index contributed by atoms with van der Waals surface area (Å²) in [6.45, 7) is 7.45. The fourth-order valence-electron chi connectivity index (χ4n) is 2.39. The largest absolute Gasteiger partial charge is 0.395 e. The second-order valence-electron chi connectivity index (χ2n) is 5.30. The molecule has 0 saturated heterocycles. The van der Waals surface area contributed by atoms with E-state index in [1.54, 1.807) is 0 Å². The minimum absolute atomic E-state index is 0.0711. The van der Waals surface area contributed by atoms with Crippen LogP contribution in [0.1, 0.15) is 32.3 Å². The van der Waals surface area contributed by atoms with Gasteiger partial charge >= 0.3 is 0 Å². The highest BCUT2D eigenvalue weighted by atomic mass is 16.3. The summed E-state index contributed by atoms with van der Waals surface area (Å²) in [5, 5.41) is 9.21. The molecular weight excluding hydrogens is 264 g/mol. The van der Waals surface area contributed by atoms with E-state index in [4.69, 9.17) is 0 Å². The molecule has 118 valence electrons. The maximum Gasteiger partial charge on any atom is 0.236 e. The molecule has 0 radical (unpaired) electrons. The number of carbonyl (C=O) groups excluding carboxylic acids is 1. The fourth-order valence-corrected chi connectivity index (χ4v) is 2.39. The molecule has 4 nitrogen and oxygen atoms in total. The van der Waals surface area contributed by atoms with Gasteiger partial charge in [0, 0.05) is 26.2 Å². The highest BCUT2D eigenvalue weighted by Crippen LogP contribution is 2.05. The topological polar surface area (TPSA) is 43.8 Å². The lowest BCUT2D eigenvalue weighted by Crippen LogP contribution is -2.41. The van der Waals surface area contributed by atoms with Crippen molar-refractivity contribution in [3.63, 3.8) is 0 Å². The summed E-state index contributed by atoms with van der Waals surface area (Å²) in [5.74, 6) is 0.156. The molecule has 0 spiro atoms. The van der Waals surface area contributed by atoms with Crippen molar-refractivity contribution >= 4 is 5.91 Å². The van der Waals surface area contributed by atoms with Gasteiger partial charge in [-0.1, -0.05) is 44.2 Å². The third-order valence-corrected chi connectivity index (χ3v) is 3.36. The van der Waals surface area contributed by atoms with E-state index in [9.17, 15) is 9.90 Å². The van der Waals surface area contributed by atoms with E-state index >= 15 is 0 Å². The van der Waals surface area contributed by atoms with Crippen LogP contribution in [0.5, 0.6) is 0 Å². The molecule has 1 N–H and O–H groups in total. The monoisotopic (exact) mass is 292 g/mol. The maximum absolute atomic E-state index is 12.4. The number of hydrogen-bond acceptors (Lipinski definition) is 3. The number of carbonyl (C=O) groups is 1. The van der Waals surface area contributed by atoms with Crippen molar-refractivity contribution < 1.29 is 9.90 Å². The Morgan fingerprint density at radius 1 is 1.05 bits per heavy atom. The molecular formula is C17H28N2O2. The second-order valence-corrected chi connectivity index (χ2v) is 5.30. The highest BCUT2D eigenvalue weighted by molar-refractivity contribution is 5.78. The Hall–Kier alpha value is -1.39. The van der Waals surface area contributed by atoms with Crippen molar-refractivity contribution in [3.05, 3.63) is 35.9 Å². The standard InChI is InChI=1S/C17H28N2O2/c1-3-10-19(11-4-2)17(21)15-18(12-13-20)14-16-8-6-5-7-9-16/h5-9,20H,3-4,10-15H2,1-2H3. The van der Waals surface area contributed by atoms with Gasteiger partial charge in [-0.25, -0.2) is 0 Å². The van der Waals surface area contributed by atoms with E-state index in [2.05, 4.69) is 13.8 Å². The summed E-state index contributed by atoms with van der Waals surface area (Å²) in [4.78, 5) is 16.3. The van der Waals surface area contributed by atoms with E-state index in [1.165, 1.54) is 0 Å². The lowest BCUT2D eigenvalue weighted by Gasteiger charge is -2.26. The van der Waals surface area contributed by atoms with Gasteiger partial charge in [0.1, 0.15) is 0 Å². The van der Waals surface area contributed by atoms with Crippen molar-refractivity contribution in [2.75, 3.05) is 32.8 Å². The van der Waals surface area contributed by atoms with Crippen LogP contribution in [0.25, 0.3) is 0 Å². The van der Waals surface area contributed by atoms with Gasteiger partial charge in [0.15, 0.2) is 0 Å². The zero-order chi connectivity index (χ0) is 15.5. The molecule has 4 heteroatoms. The number of hydrogen-bond donors (Lipinski definition) is 1. The average Bonchev–Trinajstić information content (AvgIpc) is 2.48. The smallest absolute Gasteiger partial charge is 0.236 e. The van der Waals surface area contributed by atoms with Gasteiger partial charge < -0.3 is 10.0 Å². The summed E-state index contributed by atoms with van der Waals surface area (Å²) in [5.41, 5.74) is 1.16. The normalized spacial score (nSPS) is 10.9. The predicted molar refractivity (Wildman–Crippen MR) is 86.0 cm³/mol. The molecule has 1 amide bonds. The predicted octanol–water partition coefficient (Wildman–Crippen LogP) is 2.13. The van der Waals surface area contributed by atoms with Crippen molar-refractivity contribution in [2.45, 2.75) is 33.2 Å². The molecule has 0 saturated carbocycles. The van der Waals surface area contributed by atoms with Crippen molar-refractivity contribution in [3.8, 4) is 0 Å². The number of rotatable bonds is 10. The van der Waals surface area contributed by atoms with Crippen molar-refractivity contribution in [1.29, 1.82) is 0 Å². The third kappa shape index (κ3) is 6.74. The van der Waals surface area contributed by atoms with Crippen LogP contribution in [0.3, 0.4) is 0 Å². The summed E-state index contributed by atoms with van der Waals surface area (Å²) in [6.07, 6.45) is 1.95. The Labute approximate surface area is 128 Å². The first-order valence-corrected chi connectivity index (χ1v) is 7.86. The molecule has 1 rings (SSSR count). The molecule has 1 aromatic rings. The Morgan fingerprint density at radius 3 is 2.19 bits per heavy atom. The number of benzene rings is 1. The van der Waals surface area contributed by atoms with Crippen LogP contribution in [-0.4, -0.2) is 53.6 Å². The minimum Gasteiger partial charge on any atom is -0.395 e. The van der Waals surface area contributed by atoms with Crippen LogP contribution in [-0.2, 0) is 11.3 Å². The summed E-state index contributed by atoms with van der Waals surface area (Å²) in [6, 6.07) is 10.1. The molecule has 0 atom stereocenters. The second kappa shape index (κ2) is 10.4. The van der Waals surface area contributed by atoms with E-state index in [0.717, 1.165) is 31.5 Å². The molecule has 0 aliphatic carbocycles. The molecule has 0 aliphatic heterocycles. The minimum atomic E-state index is 0.0711. The molecule has 21 heavy (non-hydrogen) atoms. The molecule has 0 bridgehead atoms. The Balaban J connectivity index is 2.61. The summed E-state index contributed by atoms with van der Waals surface area (Å²) < 4.78 is 0. The van der Waals surface area contributed by atoms with Gasteiger partial charge in [-0.2, -0.15) is 0 Å². The Kier molecular flexibility index (Phi) is 8.71. The van der Waals surface area contributed by atoms with E-state index in [0.29, 0.717) is 19.6 Å². The van der Waals surface area contributed by atoms with Gasteiger partial charge in [0.25, 0.3) is 0 Å². The number of aliphatic hydroxyl groups is 1. The van der Waals surface area contributed by atoms with Crippen LogP contribution in [0, 0.1) is 0 Å². The Bertz CT molecular complexity index is 389. The first kappa shape index (κ1) is 17.7. The van der Waals surface area contributed by atoms with Crippen LogP contribution in [0.15, 0.2) is 30.3 Å². The van der Waals surface area contributed by atoms with E-state index in [1.807, 2.05) is 40.1 Å². The maximum atomic E-state index is 12.4. The van der Waals surface area contributed by atoms with Crippen LogP contribution in [0.4, 0.5) is 0 Å². The van der Waals surface area contributed by atoms with E-state index in [-0.39, 0.29) is 12.5 Å². The molecule has 1 aromatic carbocycles. The van der Waals surface area contributed by atoms with Gasteiger partial charge in [-0.05, 0) is 18.4 Å². The van der Waals surface area contributed by atoms with Crippen LogP contribution >= 0.6 is 0 Å². The van der Waals surface area contributed by atoms with E-state index < -0.39 is 0 Å². The Morgan fingerprint density at radius 2 is 1.67 bits per heavy atom. The van der Waals surface area contributed by atoms with Gasteiger partial charge in [0.2, 0.25) is 5.91 Å².